The molecule has 0 fully saturated rings. The monoisotopic (exact) mass is 370 g/mol. The van der Waals surface area contributed by atoms with Gasteiger partial charge in [-0.25, -0.2) is 5.48 Å². The van der Waals surface area contributed by atoms with Crippen LogP contribution in [-0.2, 0) is 16.2 Å². The lowest BCUT2D eigenvalue weighted by Crippen LogP contribution is -2.49. The predicted molar refractivity (Wildman–Crippen MR) is 103 cm³/mol. The molecule has 0 aromatic heterocycles. The maximum Gasteiger partial charge on any atom is 0.266 e. The minimum absolute atomic E-state index is 0.100. The number of hydrogen-bond acceptors (Lipinski definition) is 4. The van der Waals surface area contributed by atoms with Crippen molar-refractivity contribution < 1.29 is 19.2 Å². The lowest BCUT2D eigenvalue weighted by atomic mass is 10.0. The van der Waals surface area contributed by atoms with Crippen molar-refractivity contribution in [1.82, 2.24) is 10.8 Å². The third-order valence-corrected chi connectivity index (χ3v) is 3.92. The molecule has 0 spiro atoms. The summed E-state index contributed by atoms with van der Waals surface area (Å²) in [5.74, 6) is -0.117. The third-order valence-electron chi connectivity index (χ3n) is 3.92. The predicted octanol–water partition coefficient (Wildman–Crippen LogP) is 3.09. The Balaban J connectivity index is 1.91. The maximum atomic E-state index is 12.5. The van der Waals surface area contributed by atoms with Crippen LogP contribution >= 0.6 is 0 Å². The molecule has 0 bridgehead atoms. The first-order chi connectivity index (χ1) is 13.0. The molecule has 2 N–H and O–H groups in total. The number of ether oxygens (including phenoxy) is 1. The molecule has 1 atom stereocenters. The fourth-order valence-electron chi connectivity index (χ4n) is 2.46. The van der Waals surface area contributed by atoms with E-state index < -0.39 is 6.04 Å². The van der Waals surface area contributed by atoms with Gasteiger partial charge in [0.1, 0.15) is 11.8 Å². The first-order valence-corrected chi connectivity index (χ1v) is 9.00. The average molecular weight is 370 g/mol. The minimum atomic E-state index is -0.708. The van der Waals surface area contributed by atoms with Crippen molar-refractivity contribution in [3.05, 3.63) is 65.7 Å². The Hall–Kier alpha value is -2.86. The molecule has 27 heavy (non-hydrogen) atoms. The molecule has 0 heterocycles. The van der Waals surface area contributed by atoms with Crippen LogP contribution in [0.4, 0.5) is 0 Å². The zero-order valence-electron chi connectivity index (χ0n) is 15.9. The molecular formula is C21H26N2O4. The fourth-order valence-corrected chi connectivity index (χ4v) is 2.46. The van der Waals surface area contributed by atoms with E-state index in [2.05, 4.69) is 10.8 Å². The average Bonchev–Trinajstić information content (AvgIpc) is 2.67. The summed E-state index contributed by atoms with van der Waals surface area (Å²) in [6, 6.07) is 15.6. The van der Waals surface area contributed by atoms with Crippen molar-refractivity contribution in [3.63, 3.8) is 0 Å². The SMILES string of the molecule is CCOc1ccc(C(=O)N[C@H](C(=O)NOCc2ccccc2)C(C)C)cc1. The number of carbonyl (C=O) groups excluding carboxylic acids is 2. The molecule has 2 amide bonds. The molecule has 0 aliphatic carbocycles. The van der Waals surface area contributed by atoms with Gasteiger partial charge in [0.2, 0.25) is 0 Å². The first-order valence-electron chi connectivity index (χ1n) is 9.00. The number of nitrogens with one attached hydrogen (secondary N) is 2. The summed E-state index contributed by atoms with van der Waals surface area (Å²) >= 11 is 0. The summed E-state index contributed by atoms with van der Waals surface area (Å²) in [6.45, 7) is 6.43. The number of hydroxylamine groups is 1. The van der Waals surface area contributed by atoms with Gasteiger partial charge in [-0.2, -0.15) is 0 Å². The number of rotatable bonds is 9. The topological polar surface area (TPSA) is 76.7 Å². The largest absolute Gasteiger partial charge is 0.494 e. The Kier molecular flexibility index (Phi) is 7.82. The van der Waals surface area contributed by atoms with E-state index in [0.29, 0.717) is 17.9 Å². The van der Waals surface area contributed by atoms with E-state index >= 15 is 0 Å². The van der Waals surface area contributed by atoms with E-state index in [4.69, 9.17) is 9.57 Å². The van der Waals surface area contributed by atoms with Crippen molar-refractivity contribution in [1.29, 1.82) is 0 Å². The third kappa shape index (κ3) is 6.42. The Morgan fingerprint density at radius 3 is 2.26 bits per heavy atom. The summed E-state index contributed by atoms with van der Waals surface area (Å²) < 4.78 is 5.37. The van der Waals surface area contributed by atoms with Crippen LogP contribution in [0.5, 0.6) is 5.75 Å². The molecule has 144 valence electrons. The van der Waals surface area contributed by atoms with Crippen LogP contribution < -0.4 is 15.5 Å². The fraction of sp³-hybridized carbons (Fsp3) is 0.333. The molecule has 2 aromatic rings. The second-order valence-electron chi connectivity index (χ2n) is 6.39. The van der Waals surface area contributed by atoms with E-state index in [1.807, 2.05) is 51.1 Å². The Morgan fingerprint density at radius 1 is 1.00 bits per heavy atom. The zero-order chi connectivity index (χ0) is 19.6. The van der Waals surface area contributed by atoms with Gasteiger partial charge in [0, 0.05) is 5.56 Å². The Morgan fingerprint density at radius 2 is 1.67 bits per heavy atom. The van der Waals surface area contributed by atoms with E-state index in [9.17, 15) is 9.59 Å². The molecular weight excluding hydrogens is 344 g/mol. The highest BCUT2D eigenvalue weighted by atomic mass is 16.6. The van der Waals surface area contributed by atoms with Crippen molar-refractivity contribution in [3.8, 4) is 5.75 Å². The molecule has 6 heteroatoms. The zero-order valence-corrected chi connectivity index (χ0v) is 15.9. The van der Waals surface area contributed by atoms with E-state index in [0.717, 1.165) is 5.56 Å². The normalized spacial score (nSPS) is 11.7. The van der Waals surface area contributed by atoms with Crippen LogP contribution in [-0.4, -0.2) is 24.5 Å². The lowest BCUT2D eigenvalue weighted by Gasteiger charge is -2.21. The number of benzene rings is 2. The summed E-state index contributed by atoms with van der Waals surface area (Å²) in [5, 5.41) is 2.76. The van der Waals surface area contributed by atoms with Crippen molar-refractivity contribution in [2.45, 2.75) is 33.4 Å². The van der Waals surface area contributed by atoms with Gasteiger partial charge >= 0.3 is 0 Å². The van der Waals surface area contributed by atoms with Gasteiger partial charge in [-0.3, -0.25) is 14.4 Å². The summed E-state index contributed by atoms with van der Waals surface area (Å²) in [5.41, 5.74) is 3.82. The van der Waals surface area contributed by atoms with Crippen LogP contribution in [0.2, 0.25) is 0 Å². The van der Waals surface area contributed by atoms with Crippen molar-refractivity contribution in [2.75, 3.05) is 6.61 Å². The second kappa shape index (κ2) is 10.3. The molecule has 0 saturated carbocycles. The van der Waals surface area contributed by atoms with Crippen LogP contribution in [0.1, 0.15) is 36.7 Å². The molecule has 0 aliphatic rings. The molecule has 0 unspecified atom stereocenters. The molecule has 0 radical (unpaired) electrons. The van der Waals surface area contributed by atoms with Gasteiger partial charge in [-0.05, 0) is 42.7 Å². The van der Waals surface area contributed by atoms with E-state index in [1.54, 1.807) is 24.3 Å². The first kappa shape index (κ1) is 20.5. The maximum absolute atomic E-state index is 12.5. The van der Waals surface area contributed by atoms with Gasteiger partial charge in [-0.15, -0.1) is 0 Å². The Bertz CT molecular complexity index is 730. The van der Waals surface area contributed by atoms with E-state index in [1.165, 1.54) is 0 Å². The highest BCUT2D eigenvalue weighted by Gasteiger charge is 2.25. The molecule has 0 aliphatic heterocycles. The quantitative estimate of drug-likeness (QED) is 0.665. The van der Waals surface area contributed by atoms with E-state index in [-0.39, 0.29) is 24.3 Å². The van der Waals surface area contributed by atoms with Crippen LogP contribution in [0.3, 0.4) is 0 Å². The molecule has 2 aromatic carbocycles. The standard InChI is InChI=1S/C21H26N2O4/c1-4-26-18-12-10-17(11-13-18)20(24)22-19(15(2)3)21(25)23-27-14-16-8-6-5-7-9-16/h5-13,15,19H,4,14H2,1-3H3,(H,22,24)(H,23,25)/t19-/m0/s1. The summed E-state index contributed by atoms with van der Waals surface area (Å²) in [7, 11) is 0. The Labute approximate surface area is 159 Å². The van der Waals surface area contributed by atoms with Gasteiger partial charge in [0.15, 0.2) is 0 Å². The highest BCUT2D eigenvalue weighted by Crippen LogP contribution is 2.13. The van der Waals surface area contributed by atoms with Crippen molar-refractivity contribution in [2.24, 2.45) is 5.92 Å². The second-order valence-corrected chi connectivity index (χ2v) is 6.39. The summed E-state index contributed by atoms with van der Waals surface area (Å²) in [6.07, 6.45) is 0. The van der Waals surface area contributed by atoms with Gasteiger partial charge < -0.3 is 10.1 Å². The van der Waals surface area contributed by atoms with Gasteiger partial charge in [0.05, 0.1) is 13.2 Å². The smallest absolute Gasteiger partial charge is 0.266 e. The van der Waals surface area contributed by atoms with Crippen LogP contribution in [0.25, 0.3) is 0 Å². The number of hydrogen-bond donors (Lipinski definition) is 2. The number of carbonyl (C=O) groups is 2. The highest BCUT2D eigenvalue weighted by molar-refractivity contribution is 5.97. The number of amides is 2. The molecule has 2 rings (SSSR count). The summed E-state index contributed by atoms with van der Waals surface area (Å²) in [4.78, 5) is 30.1. The van der Waals surface area contributed by atoms with Crippen LogP contribution in [0, 0.1) is 5.92 Å². The van der Waals surface area contributed by atoms with Crippen LogP contribution in [0.15, 0.2) is 54.6 Å². The minimum Gasteiger partial charge on any atom is -0.494 e. The molecule has 0 saturated heterocycles. The van der Waals surface area contributed by atoms with Crippen molar-refractivity contribution >= 4 is 11.8 Å². The van der Waals surface area contributed by atoms with Gasteiger partial charge in [0.25, 0.3) is 11.8 Å². The molecule has 6 nitrogen and oxygen atoms in total. The van der Waals surface area contributed by atoms with Gasteiger partial charge in [-0.1, -0.05) is 44.2 Å². The lowest BCUT2D eigenvalue weighted by molar-refractivity contribution is -0.137.